The van der Waals surface area contributed by atoms with Crippen molar-refractivity contribution in [3.05, 3.63) is 35.9 Å². The van der Waals surface area contributed by atoms with Crippen molar-refractivity contribution in [3.8, 4) is 0 Å². The third kappa shape index (κ3) is 5.48. The van der Waals surface area contributed by atoms with E-state index in [9.17, 15) is 4.79 Å². The van der Waals surface area contributed by atoms with Gasteiger partial charge in [0.15, 0.2) is 0 Å². The molecule has 0 bridgehead atoms. The number of ether oxygens (including phenoxy) is 1. The Balaban J connectivity index is 1.66. The minimum atomic E-state index is 0.0919. The van der Waals surface area contributed by atoms with Gasteiger partial charge in [0.05, 0.1) is 13.2 Å². The fourth-order valence-corrected chi connectivity index (χ4v) is 2.95. The summed E-state index contributed by atoms with van der Waals surface area (Å²) < 4.78 is 4.93. The highest BCUT2D eigenvalue weighted by Gasteiger charge is 2.23. The molecule has 1 aromatic rings. The van der Waals surface area contributed by atoms with Gasteiger partial charge >= 0.3 is 0 Å². The van der Waals surface area contributed by atoms with E-state index >= 15 is 0 Å². The Hall–Kier alpha value is -1.39. The Morgan fingerprint density at radius 1 is 1.19 bits per heavy atom. The molecule has 4 nitrogen and oxygen atoms in total. The summed E-state index contributed by atoms with van der Waals surface area (Å²) in [7, 11) is 1.66. The van der Waals surface area contributed by atoms with E-state index in [1.807, 2.05) is 0 Å². The topological polar surface area (TPSA) is 50.4 Å². The molecule has 1 fully saturated rings. The number of amides is 1. The van der Waals surface area contributed by atoms with Gasteiger partial charge in [-0.15, -0.1) is 0 Å². The van der Waals surface area contributed by atoms with E-state index in [1.54, 1.807) is 7.11 Å². The fourth-order valence-electron chi connectivity index (χ4n) is 2.95. The number of carbonyl (C=O) groups is 1. The summed E-state index contributed by atoms with van der Waals surface area (Å²) in [4.78, 5) is 11.8. The van der Waals surface area contributed by atoms with Crippen LogP contribution in [0.4, 0.5) is 0 Å². The lowest BCUT2D eigenvalue weighted by atomic mass is 9.82. The highest BCUT2D eigenvalue weighted by Crippen LogP contribution is 2.32. The lowest BCUT2D eigenvalue weighted by Gasteiger charge is -2.29. The van der Waals surface area contributed by atoms with E-state index < -0.39 is 0 Å². The van der Waals surface area contributed by atoms with Crippen LogP contribution in [0.1, 0.15) is 37.2 Å². The maximum absolute atomic E-state index is 11.8. The monoisotopic (exact) mass is 290 g/mol. The predicted octanol–water partition coefficient (Wildman–Crippen LogP) is 2.06. The molecule has 0 spiro atoms. The Morgan fingerprint density at radius 2 is 1.90 bits per heavy atom. The van der Waals surface area contributed by atoms with E-state index in [-0.39, 0.29) is 5.91 Å². The van der Waals surface area contributed by atoms with Crippen LogP contribution in [0.15, 0.2) is 30.3 Å². The van der Waals surface area contributed by atoms with Gasteiger partial charge in [-0.25, -0.2) is 0 Å². The molecule has 0 aliphatic heterocycles. The molecule has 0 unspecified atom stereocenters. The van der Waals surface area contributed by atoms with Crippen molar-refractivity contribution in [1.82, 2.24) is 10.6 Å². The summed E-state index contributed by atoms with van der Waals surface area (Å²) in [5, 5.41) is 6.20. The minimum Gasteiger partial charge on any atom is -0.383 e. The van der Waals surface area contributed by atoms with Crippen molar-refractivity contribution in [2.75, 3.05) is 26.8 Å². The van der Waals surface area contributed by atoms with Crippen molar-refractivity contribution in [3.63, 3.8) is 0 Å². The van der Waals surface area contributed by atoms with Crippen LogP contribution in [-0.4, -0.2) is 38.8 Å². The van der Waals surface area contributed by atoms with E-state index in [2.05, 4.69) is 41.0 Å². The molecule has 2 rings (SSSR count). The standard InChI is InChI=1S/C17H26N2O2/c1-21-12-11-18-13-17(20)19-16-9-7-15(8-10-16)14-5-3-2-4-6-14/h2-6,15-16,18H,7-13H2,1H3,(H,19,20). The zero-order chi connectivity index (χ0) is 14.9. The zero-order valence-corrected chi connectivity index (χ0v) is 12.8. The first-order valence-electron chi connectivity index (χ1n) is 7.83. The maximum Gasteiger partial charge on any atom is 0.234 e. The molecule has 0 heterocycles. The predicted molar refractivity (Wildman–Crippen MR) is 84.3 cm³/mol. The normalized spacial score (nSPS) is 22.0. The molecule has 116 valence electrons. The molecule has 2 N–H and O–H groups in total. The molecular weight excluding hydrogens is 264 g/mol. The lowest BCUT2D eigenvalue weighted by molar-refractivity contribution is -0.121. The van der Waals surface area contributed by atoms with Crippen LogP contribution in [0.5, 0.6) is 0 Å². The number of carbonyl (C=O) groups excluding carboxylic acids is 1. The summed E-state index contributed by atoms with van der Waals surface area (Å²) in [6.07, 6.45) is 4.46. The molecule has 4 heteroatoms. The number of benzene rings is 1. The van der Waals surface area contributed by atoms with Crippen LogP contribution < -0.4 is 10.6 Å². The average molecular weight is 290 g/mol. The molecule has 1 saturated carbocycles. The van der Waals surface area contributed by atoms with Crippen molar-refractivity contribution in [1.29, 1.82) is 0 Å². The van der Waals surface area contributed by atoms with Crippen LogP contribution in [0.2, 0.25) is 0 Å². The molecule has 1 aliphatic carbocycles. The first kappa shape index (κ1) is 16.0. The van der Waals surface area contributed by atoms with Gasteiger partial charge in [0.1, 0.15) is 0 Å². The van der Waals surface area contributed by atoms with Gasteiger partial charge in [-0.3, -0.25) is 4.79 Å². The highest BCUT2D eigenvalue weighted by atomic mass is 16.5. The first-order chi connectivity index (χ1) is 10.3. The Morgan fingerprint density at radius 3 is 2.57 bits per heavy atom. The Kier molecular flexibility index (Phi) is 6.70. The maximum atomic E-state index is 11.8. The largest absolute Gasteiger partial charge is 0.383 e. The quantitative estimate of drug-likeness (QED) is 0.756. The van der Waals surface area contributed by atoms with Crippen molar-refractivity contribution in [2.45, 2.75) is 37.6 Å². The van der Waals surface area contributed by atoms with E-state index in [0.717, 1.165) is 25.7 Å². The molecule has 1 aromatic carbocycles. The van der Waals surface area contributed by atoms with Gasteiger partial charge in [-0.2, -0.15) is 0 Å². The highest BCUT2D eigenvalue weighted by molar-refractivity contribution is 5.78. The number of rotatable bonds is 7. The van der Waals surface area contributed by atoms with Crippen LogP contribution in [0.3, 0.4) is 0 Å². The van der Waals surface area contributed by atoms with Crippen LogP contribution in [-0.2, 0) is 9.53 Å². The van der Waals surface area contributed by atoms with Crippen LogP contribution >= 0.6 is 0 Å². The van der Waals surface area contributed by atoms with Gasteiger partial charge in [-0.1, -0.05) is 30.3 Å². The van der Waals surface area contributed by atoms with Crippen molar-refractivity contribution in [2.24, 2.45) is 0 Å². The molecule has 0 saturated heterocycles. The second-order valence-electron chi connectivity index (χ2n) is 5.70. The number of nitrogens with one attached hydrogen (secondary N) is 2. The van der Waals surface area contributed by atoms with E-state index in [0.29, 0.717) is 31.7 Å². The third-order valence-electron chi connectivity index (χ3n) is 4.13. The molecular formula is C17H26N2O2. The molecule has 21 heavy (non-hydrogen) atoms. The number of hydrogen-bond donors (Lipinski definition) is 2. The van der Waals surface area contributed by atoms with Gasteiger partial charge in [0, 0.05) is 19.7 Å². The minimum absolute atomic E-state index is 0.0919. The summed E-state index contributed by atoms with van der Waals surface area (Å²) in [5.41, 5.74) is 1.43. The molecule has 0 atom stereocenters. The van der Waals surface area contributed by atoms with Crippen molar-refractivity contribution < 1.29 is 9.53 Å². The summed E-state index contributed by atoms with van der Waals surface area (Å²) in [5.74, 6) is 0.744. The van der Waals surface area contributed by atoms with Crippen LogP contribution in [0, 0.1) is 0 Å². The van der Waals surface area contributed by atoms with Gasteiger partial charge in [-0.05, 0) is 37.2 Å². The van der Waals surface area contributed by atoms with Gasteiger partial charge in [0.25, 0.3) is 0 Å². The third-order valence-corrected chi connectivity index (χ3v) is 4.13. The summed E-state index contributed by atoms with van der Waals surface area (Å²) >= 11 is 0. The molecule has 0 radical (unpaired) electrons. The number of methoxy groups -OCH3 is 1. The molecule has 1 aliphatic rings. The summed E-state index contributed by atoms with van der Waals surface area (Å²) in [6.45, 7) is 1.72. The fraction of sp³-hybridized carbons (Fsp3) is 0.588. The number of hydrogen-bond acceptors (Lipinski definition) is 3. The zero-order valence-electron chi connectivity index (χ0n) is 12.8. The molecule has 0 aromatic heterocycles. The Bertz CT molecular complexity index is 414. The van der Waals surface area contributed by atoms with Gasteiger partial charge < -0.3 is 15.4 Å². The summed E-state index contributed by atoms with van der Waals surface area (Å²) in [6, 6.07) is 11.0. The second kappa shape index (κ2) is 8.80. The van der Waals surface area contributed by atoms with Crippen LogP contribution in [0.25, 0.3) is 0 Å². The first-order valence-corrected chi connectivity index (χ1v) is 7.83. The smallest absolute Gasteiger partial charge is 0.234 e. The second-order valence-corrected chi connectivity index (χ2v) is 5.70. The van der Waals surface area contributed by atoms with Crippen molar-refractivity contribution >= 4 is 5.91 Å². The average Bonchev–Trinajstić information content (AvgIpc) is 2.53. The van der Waals surface area contributed by atoms with Gasteiger partial charge in [0.2, 0.25) is 5.91 Å². The Labute approximate surface area is 127 Å². The lowest BCUT2D eigenvalue weighted by Crippen LogP contribution is -2.42. The van der Waals surface area contributed by atoms with E-state index in [1.165, 1.54) is 5.56 Å². The SMILES string of the molecule is COCCNCC(=O)NC1CCC(c2ccccc2)CC1. The molecule has 1 amide bonds. The van der Waals surface area contributed by atoms with E-state index in [4.69, 9.17) is 4.74 Å².